The molecule has 2 heterocycles. The molecular formula is C22H21N3O2S2. The highest BCUT2D eigenvalue weighted by Gasteiger charge is 2.29. The van der Waals surface area contributed by atoms with Crippen LogP contribution in [-0.4, -0.2) is 23.6 Å². The van der Waals surface area contributed by atoms with Crippen LogP contribution in [0.3, 0.4) is 0 Å². The summed E-state index contributed by atoms with van der Waals surface area (Å²) in [4.78, 5) is 9.18. The lowest BCUT2D eigenvalue weighted by Gasteiger charge is -2.22. The second-order valence-corrected chi connectivity index (χ2v) is 10.6. The van der Waals surface area contributed by atoms with E-state index in [0.29, 0.717) is 4.90 Å². The molecule has 5 nitrogen and oxygen atoms in total. The number of aromatic nitrogens is 2. The first-order chi connectivity index (χ1) is 14.1. The largest absolute Gasteiger partial charge is 0.355 e. The molecule has 7 heteroatoms. The first kappa shape index (κ1) is 18.5. The fourth-order valence-corrected chi connectivity index (χ4v) is 6.61. The van der Waals surface area contributed by atoms with Gasteiger partial charge in [-0.1, -0.05) is 19.3 Å². The lowest BCUT2D eigenvalue weighted by molar-refractivity contribution is 0.484. The van der Waals surface area contributed by atoms with Gasteiger partial charge in [-0.05, 0) is 55.3 Å². The number of rotatable bonds is 4. The molecule has 1 aliphatic carbocycles. The number of thiazole rings is 1. The van der Waals surface area contributed by atoms with E-state index in [2.05, 4.69) is 15.3 Å². The minimum atomic E-state index is -3.33. The van der Waals surface area contributed by atoms with E-state index in [1.807, 2.05) is 29.8 Å². The summed E-state index contributed by atoms with van der Waals surface area (Å²) in [6.45, 7) is 0. The summed E-state index contributed by atoms with van der Waals surface area (Å²) < 4.78 is 27.5. The van der Waals surface area contributed by atoms with Crippen LogP contribution in [0, 0.1) is 0 Å². The van der Waals surface area contributed by atoms with Crippen molar-refractivity contribution in [2.45, 2.75) is 42.2 Å². The van der Waals surface area contributed by atoms with E-state index in [4.69, 9.17) is 0 Å². The molecule has 0 spiro atoms. The van der Waals surface area contributed by atoms with Crippen molar-refractivity contribution in [3.63, 3.8) is 0 Å². The van der Waals surface area contributed by atoms with Crippen LogP contribution < -0.4 is 5.32 Å². The lowest BCUT2D eigenvalue weighted by Crippen LogP contribution is -2.24. The second kappa shape index (κ2) is 7.39. The van der Waals surface area contributed by atoms with E-state index < -0.39 is 9.84 Å². The van der Waals surface area contributed by atoms with Crippen molar-refractivity contribution in [1.82, 2.24) is 9.97 Å². The van der Waals surface area contributed by atoms with E-state index in [1.54, 1.807) is 35.7 Å². The van der Waals surface area contributed by atoms with Gasteiger partial charge in [0.2, 0.25) is 0 Å². The number of pyridine rings is 1. The van der Waals surface area contributed by atoms with Gasteiger partial charge in [-0.2, -0.15) is 0 Å². The first-order valence-corrected chi connectivity index (χ1v) is 12.3. The Labute approximate surface area is 173 Å². The first-order valence-electron chi connectivity index (χ1n) is 9.84. The summed E-state index contributed by atoms with van der Waals surface area (Å²) >= 11 is 1.61. The molecule has 0 amide bonds. The van der Waals surface area contributed by atoms with Crippen LogP contribution in [-0.2, 0) is 9.84 Å². The smallest absolute Gasteiger partial charge is 0.181 e. The predicted molar refractivity (Wildman–Crippen MR) is 119 cm³/mol. The highest BCUT2D eigenvalue weighted by Crippen LogP contribution is 2.33. The van der Waals surface area contributed by atoms with E-state index in [0.717, 1.165) is 64.6 Å². The third kappa shape index (κ3) is 3.49. The molecule has 0 atom stereocenters. The summed E-state index contributed by atoms with van der Waals surface area (Å²) in [6.07, 6.45) is 6.36. The number of fused-ring (bicyclic) bond motifs is 2. The summed E-state index contributed by atoms with van der Waals surface area (Å²) in [5.74, 6) is 0. The van der Waals surface area contributed by atoms with E-state index in [9.17, 15) is 8.42 Å². The van der Waals surface area contributed by atoms with Crippen molar-refractivity contribution in [3.05, 3.63) is 54.2 Å². The monoisotopic (exact) mass is 423 g/mol. The molecule has 2 aromatic heterocycles. The molecule has 0 unspecified atom stereocenters. The maximum Gasteiger partial charge on any atom is 0.181 e. The molecule has 4 aromatic rings. The highest BCUT2D eigenvalue weighted by atomic mass is 32.2. The maximum absolute atomic E-state index is 13.2. The van der Waals surface area contributed by atoms with Crippen LogP contribution in [0.5, 0.6) is 0 Å². The summed E-state index contributed by atoms with van der Waals surface area (Å²) in [6, 6.07) is 13.2. The molecule has 0 aliphatic heterocycles. The van der Waals surface area contributed by atoms with Crippen LogP contribution >= 0.6 is 11.3 Å². The molecule has 1 aliphatic rings. The topological polar surface area (TPSA) is 72.0 Å². The lowest BCUT2D eigenvalue weighted by atomic mass is 10.0. The number of hydrogen-bond acceptors (Lipinski definition) is 6. The summed E-state index contributed by atoms with van der Waals surface area (Å²) in [5.41, 5.74) is 5.30. The van der Waals surface area contributed by atoms with Gasteiger partial charge in [-0.15, -0.1) is 11.3 Å². The predicted octanol–water partition coefficient (Wildman–Crippen LogP) is 5.69. The van der Waals surface area contributed by atoms with Gasteiger partial charge >= 0.3 is 0 Å². The molecular weight excluding hydrogens is 402 g/mol. The molecule has 0 saturated heterocycles. The van der Waals surface area contributed by atoms with Crippen molar-refractivity contribution in [3.8, 4) is 0 Å². The number of anilines is 2. The van der Waals surface area contributed by atoms with Gasteiger partial charge in [0.25, 0.3) is 0 Å². The maximum atomic E-state index is 13.2. The third-order valence-electron chi connectivity index (χ3n) is 5.64. The number of benzene rings is 2. The minimum Gasteiger partial charge on any atom is -0.355 e. The normalized spacial score (nSPS) is 15.7. The van der Waals surface area contributed by atoms with Gasteiger partial charge in [0.1, 0.15) is 0 Å². The number of sulfone groups is 1. The van der Waals surface area contributed by atoms with Crippen molar-refractivity contribution in [1.29, 1.82) is 0 Å². The van der Waals surface area contributed by atoms with Gasteiger partial charge in [0.05, 0.1) is 31.4 Å². The van der Waals surface area contributed by atoms with Gasteiger partial charge < -0.3 is 5.32 Å². The zero-order valence-corrected chi connectivity index (χ0v) is 17.5. The Hall–Kier alpha value is -2.51. The van der Waals surface area contributed by atoms with Crippen LogP contribution in [0.1, 0.15) is 32.1 Å². The van der Waals surface area contributed by atoms with E-state index >= 15 is 0 Å². The third-order valence-corrected chi connectivity index (χ3v) is 8.71. The molecule has 2 aromatic carbocycles. The second-order valence-electron chi connectivity index (χ2n) is 7.50. The highest BCUT2D eigenvalue weighted by molar-refractivity contribution is 7.92. The Morgan fingerprint density at radius 1 is 0.931 bits per heavy atom. The molecule has 1 N–H and O–H groups in total. The van der Waals surface area contributed by atoms with Gasteiger partial charge in [-0.3, -0.25) is 4.98 Å². The molecule has 1 fully saturated rings. The van der Waals surface area contributed by atoms with Crippen LogP contribution in [0.2, 0.25) is 0 Å². The number of nitrogens with zero attached hydrogens (tertiary/aromatic N) is 2. The zero-order valence-electron chi connectivity index (χ0n) is 15.8. The Bertz CT molecular complexity index is 1290. The number of hydrogen-bond donors (Lipinski definition) is 1. The van der Waals surface area contributed by atoms with Crippen molar-refractivity contribution in [2.75, 3.05) is 5.32 Å². The van der Waals surface area contributed by atoms with Crippen LogP contribution in [0.25, 0.3) is 21.1 Å². The van der Waals surface area contributed by atoms with Crippen molar-refractivity contribution in [2.24, 2.45) is 0 Å². The molecule has 0 bridgehead atoms. The van der Waals surface area contributed by atoms with E-state index in [1.165, 1.54) is 0 Å². The summed E-state index contributed by atoms with van der Waals surface area (Å²) in [7, 11) is -3.33. The Balaban J connectivity index is 1.54. The zero-order chi connectivity index (χ0) is 19.8. The Morgan fingerprint density at radius 3 is 2.66 bits per heavy atom. The molecule has 29 heavy (non-hydrogen) atoms. The van der Waals surface area contributed by atoms with E-state index in [-0.39, 0.29) is 5.25 Å². The summed E-state index contributed by atoms with van der Waals surface area (Å²) in [5, 5.41) is 3.96. The Morgan fingerprint density at radius 2 is 1.79 bits per heavy atom. The van der Waals surface area contributed by atoms with Crippen LogP contribution in [0.15, 0.2) is 59.1 Å². The molecule has 5 rings (SSSR count). The SMILES string of the molecule is O=S(=O)(c1ccc2nccc(Nc3ccc4scnc4c3)c2c1)C1CCCCC1. The van der Waals surface area contributed by atoms with Gasteiger partial charge in [0.15, 0.2) is 9.84 Å². The fourth-order valence-electron chi connectivity index (χ4n) is 4.07. The van der Waals surface area contributed by atoms with Crippen molar-refractivity contribution < 1.29 is 8.42 Å². The quantitative estimate of drug-likeness (QED) is 0.456. The fraction of sp³-hybridized carbons (Fsp3) is 0.273. The van der Waals surface area contributed by atoms with Gasteiger partial charge in [0, 0.05) is 23.0 Å². The standard InChI is InChI=1S/C22H21N3O2S2/c26-29(27,16-4-2-1-3-5-16)17-7-8-19-18(13-17)20(10-11-23-19)25-15-6-9-22-21(12-15)24-14-28-22/h6-14,16H,1-5H2,(H,23,25). The van der Waals surface area contributed by atoms with Crippen molar-refractivity contribution >= 4 is 53.7 Å². The number of nitrogens with one attached hydrogen (secondary N) is 1. The average Bonchev–Trinajstić information content (AvgIpc) is 3.22. The molecule has 1 saturated carbocycles. The van der Waals surface area contributed by atoms with Crippen LogP contribution in [0.4, 0.5) is 11.4 Å². The molecule has 148 valence electrons. The van der Waals surface area contributed by atoms with Gasteiger partial charge in [-0.25, -0.2) is 13.4 Å². The molecule has 0 radical (unpaired) electrons. The minimum absolute atomic E-state index is 0.270. The average molecular weight is 424 g/mol. The Kier molecular flexibility index (Phi) is 4.72.